The summed E-state index contributed by atoms with van der Waals surface area (Å²) < 4.78 is 1.97. The van der Waals surface area contributed by atoms with E-state index < -0.39 is 6.10 Å². The van der Waals surface area contributed by atoms with Crippen LogP contribution in [0.4, 0.5) is 0 Å². The van der Waals surface area contributed by atoms with E-state index in [9.17, 15) is 9.90 Å². The number of rotatable bonds is 6. The standard InChI is InChI=1S/C24H28ClN5O2/c1-16(31)24(32)29-12-10-28(11-13-29)14-17-4-6-19(7-5-17)20-8-9-21-23(22(20)25)26-27-30(21)15-18-2-3-18/h4-9,16,18,31H,2-3,10-15H2,1H3/t16-/m1/s1. The second kappa shape index (κ2) is 8.81. The van der Waals surface area contributed by atoms with Crippen LogP contribution in [-0.4, -0.2) is 68.1 Å². The second-order valence-electron chi connectivity index (χ2n) is 8.98. The summed E-state index contributed by atoms with van der Waals surface area (Å²) >= 11 is 6.72. The van der Waals surface area contributed by atoms with Crippen LogP contribution in [0.5, 0.6) is 0 Å². The lowest BCUT2D eigenvalue weighted by atomic mass is 10.0. The number of nitrogens with zero attached hydrogens (tertiary/aromatic N) is 5. The molecule has 7 nitrogen and oxygen atoms in total. The number of benzene rings is 2. The average Bonchev–Trinajstić information content (AvgIpc) is 3.53. The summed E-state index contributed by atoms with van der Waals surface area (Å²) in [5, 5.41) is 18.8. The number of aromatic nitrogens is 3. The van der Waals surface area contributed by atoms with Gasteiger partial charge in [-0.3, -0.25) is 9.69 Å². The highest BCUT2D eigenvalue weighted by atomic mass is 35.5. The van der Waals surface area contributed by atoms with Crippen LogP contribution >= 0.6 is 11.6 Å². The Morgan fingerprint density at radius 2 is 1.84 bits per heavy atom. The monoisotopic (exact) mass is 453 g/mol. The van der Waals surface area contributed by atoms with Gasteiger partial charge in [0.15, 0.2) is 0 Å². The van der Waals surface area contributed by atoms with Gasteiger partial charge in [0.05, 0.1) is 10.5 Å². The van der Waals surface area contributed by atoms with Gasteiger partial charge in [0, 0.05) is 44.8 Å². The molecule has 5 rings (SSSR count). The van der Waals surface area contributed by atoms with Gasteiger partial charge >= 0.3 is 0 Å². The summed E-state index contributed by atoms with van der Waals surface area (Å²) in [5.74, 6) is 0.544. The molecule has 1 saturated heterocycles. The third-order valence-corrected chi connectivity index (χ3v) is 6.85. The Kier molecular flexibility index (Phi) is 5.88. The topological polar surface area (TPSA) is 74.5 Å². The lowest BCUT2D eigenvalue weighted by Gasteiger charge is -2.35. The summed E-state index contributed by atoms with van der Waals surface area (Å²) in [6, 6.07) is 12.6. The Hall–Kier alpha value is -2.48. The number of piperazine rings is 1. The lowest BCUT2D eigenvalue weighted by Crippen LogP contribution is -2.50. The molecular weight excluding hydrogens is 426 g/mol. The molecular formula is C24H28ClN5O2. The van der Waals surface area contributed by atoms with Crippen LogP contribution < -0.4 is 0 Å². The van der Waals surface area contributed by atoms with Gasteiger partial charge in [-0.05, 0) is 42.9 Å². The Bertz CT molecular complexity index is 1120. The number of carbonyl (C=O) groups excluding carboxylic acids is 1. The second-order valence-corrected chi connectivity index (χ2v) is 9.36. The predicted molar refractivity (Wildman–Crippen MR) is 124 cm³/mol. The van der Waals surface area contributed by atoms with Crippen molar-refractivity contribution < 1.29 is 9.90 Å². The van der Waals surface area contributed by atoms with E-state index >= 15 is 0 Å². The van der Waals surface area contributed by atoms with Gasteiger partial charge in [-0.2, -0.15) is 0 Å². The van der Waals surface area contributed by atoms with Crippen molar-refractivity contribution in [2.24, 2.45) is 5.92 Å². The molecule has 1 atom stereocenters. The van der Waals surface area contributed by atoms with E-state index in [0.29, 0.717) is 18.1 Å². The maximum absolute atomic E-state index is 11.9. The maximum Gasteiger partial charge on any atom is 0.251 e. The van der Waals surface area contributed by atoms with E-state index in [4.69, 9.17) is 11.6 Å². The van der Waals surface area contributed by atoms with Gasteiger partial charge < -0.3 is 10.0 Å². The number of hydrogen-bond acceptors (Lipinski definition) is 5. The smallest absolute Gasteiger partial charge is 0.251 e. The van der Waals surface area contributed by atoms with E-state index in [0.717, 1.165) is 54.3 Å². The van der Waals surface area contributed by atoms with Crippen LogP contribution in [0, 0.1) is 5.92 Å². The number of carbonyl (C=O) groups is 1. The van der Waals surface area contributed by atoms with Crippen molar-refractivity contribution in [1.29, 1.82) is 0 Å². The number of hydrogen-bond donors (Lipinski definition) is 1. The minimum absolute atomic E-state index is 0.185. The van der Waals surface area contributed by atoms with E-state index in [1.165, 1.54) is 25.3 Å². The Morgan fingerprint density at radius 1 is 1.12 bits per heavy atom. The third kappa shape index (κ3) is 4.37. The molecule has 1 aliphatic carbocycles. The molecule has 168 valence electrons. The van der Waals surface area contributed by atoms with Crippen LogP contribution in [-0.2, 0) is 17.9 Å². The number of aliphatic hydroxyl groups is 1. The molecule has 0 radical (unpaired) electrons. The van der Waals surface area contributed by atoms with Gasteiger partial charge in [0.1, 0.15) is 11.6 Å². The Morgan fingerprint density at radius 3 is 2.50 bits per heavy atom. The van der Waals surface area contributed by atoms with Crippen molar-refractivity contribution in [1.82, 2.24) is 24.8 Å². The fraction of sp³-hybridized carbons (Fsp3) is 0.458. The van der Waals surface area contributed by atoms with Crippen molar-refractivity contribution >= 4 is 28.5 Å². The molecule has 3 aromatic rings. The molecule has 0 spiro atoms. The predicted octanol–water partition coefficient (Wildman–Crippen LogP) is 3.19. The summed E-state index contributed by atoms with van der Waals surface area (Å²) in [5.41, 5.74) is 5.00. The third-order valence-electron chi connectivity index (χ3n) is 6.47. The van der Waals surface area contributed by atoms with Gasteiger partial charge in [-0.1, -0.05) is 47.1 Å². The fourth-order valence-electron chi connectivity index (χ4n) is 4.35. The highest BCUT2D eigenvalue weighted by Crippen LogP contribution is 2.35. The van der Waals surface area contributed by atoms with Crippen LogP contribution in [0.15, 0.2) is 36.4 Å². The van der Waals surface area contributed by atoms with Crippen molar-refractivity contribution in [2.75, 3.05) is 26.2 Å². The van der Waals surface area contributed by atoms with E-state index in [-0.39, 0.29) is 5.91 Å². The zero-order valence-electron chi connectivity index (χ0n) is 18.2. The Balaban J connectivity index is 1.25. The van der Waals surface area contributed by atoms with E-state index in [1.807, 2.05) is 4.68 Å². The largest absolute Gasteiger partial charge is 0.384 e. The minimum atomic E-state index is -0.928. The normalized spacial score (nSPS) is 18.3. The first-order chi connectivity index (χ1) is 15.5. The maximum atomic E-state index is 11.9. The zero-order chi connectivity index (χ0) is 22.2. The van der Waals surface area contributed by atoms with Crippen molar-refractivity contribution in [3.05, 3.63) is 47.0 Å². The Labute approximate surface area is 192 Å². The van der Waals surface area contributed by atoms with Crippen molar-refractivity contribution in [3.8, 4) is 11.1 Å². The fourth-order valence-corrected chi connectivity index (χ4v) is 4.65. The lowest BCUT2D eigenvalue weighted by molar-refractivity contribution is -0.141. The SMILES string of the molecule is C[C@@H](O)C(=O)N1CCN(Cc2ccc(-c3ccc4c(nnn4CC4CC4)c3Cl)cc2)CC1. The van der Waals surface area contributed by atoms with Gasteiger partial charge in [0.25, 0.3) is 5.91 Å². The van der Waals surface area contributed by atoms with Crippen LogP contribution in [0.25, 0.3) is 22.2 Å². The summed E-state index contributed by atoms with van der Waals surface area (Å²) in [6.45, 7) is 6.19. The van der Waals surface area contributed by atoms with Crippen molar-refractivity contribution in [2.45, 2.75) is 39.0 Å². The molecule has 0 bridgehead atoms. The first-order valence-electron chi connectivity index (χ1n) is 11.3. The van der Waals surface area contributed by atoms with Crippen LogP contribution in [0.2, 0.25) is 5.02 Å². The molecule has 1 aliphatic heterocycles. The zero-order valence-corrected chi connectivity index (χ0v) is 19.0. The van der Waals surface area contributed by atoms with Gasteiger partial charge in [0.2, 0.25) is 0 Å². The minimum Gasteiger partial charge on any atom is -0.384 e. The summed E-state index contributed by atoms with van der Waals surface area (Å²) in [7, 11) is 0. The highest BCUT2D eigenvalue weighted by molar-refractivity contribution is 6.37. The quantitative estimate of drug-likeness (QED) is 0.620. The average molecular weight is 454 g/mol. The number of aliphatic hydroxyl groups excluding tert-OH is 1. The molecule has 0 unspecified atom stereocenters. The molecule has 8 heteroatoms. The van der Waals surface area contributed by atoms with E-state index in [2.05, 4.69) is 51.6 Å². The molecule has 1 N–H and O–H groups in total. The molecule has 2 heterocycles. The highest BCUT2D eigenvalue weighted by Gasteiger charge is 2.25. The van der Waals surface area contributed by atoms with Crippen LogP contribution in [0.1, 0.15) is 25.3 Å². The summed E-state index contributed by atoms with van der Waals surface area (Å²) in [6.07, 6.45) is 1.62. The molecule has 2 fully saturated rings. The van der Waals surface area contributed by atoms with Crippen molar-refractivity contribution in [3.63, 3.8) is 0 Å². The van der Waals surface area contributed by atoms with Gasteiger partial charge in [-0.15, -0.1) is 5.10 Å². The molecule has 32 heavy (non-hydrogen) atoms. The van der Waals surface area contributed by atoms with E-state index in [1.54, 1.807) is 4.90 Å². The molecule has 1 saturated carbocycles. The molecule has 2 aliphatic rings. The summed E-state index contributed by atoms with van der Waals surface area (Å²) in [4.78, 5) is 16.0. The molecule has 1 amide bonds. The first kappa shape index (κ1) is 21.4. The first-order valence-corrected chi connectivity index (χ1v) is 11.7. The number of amides is 1. The number of halogens is 1. The van der Waals surface area contributed by atoms with Crippen LogP contribution in [0.3, 0.4) is 0 Å². The van der Waals surface area contributed by atoms with Gasteiger partial charge in [-0.25, -0.2) is 4.68 Å². The molecule has 2 aromatic carbocycles. The molecule has 1 aromatic heterocycles. The number of fused-ring (bicyclic) bond motifs is 1.